The molecule has 1 aliphatic heterocycles. The van der Waals surface area contributed by atoms with Crippen LogP contribution in [-0.2, 0) is 4.79 Å². The predicted octanol–water partition coefficient (Wildman–Crippen LogP) is 1.60. The van der Waals surface area contributed by atoms with E-state index < -0.39 is 0 Å². The van der Waals surface area contributed by atoms with Gasteiger partial charge in [-0.1, -0.05) is 17.7 Å². The Kier molecular flexibility index (Phi) is 2.98. The smallest absolute Gasteiger partial charge is 0.257 e. The minimum atomic E-state index is -0.268. The molecule has 0 fully saturated rings. The van der Waals surface area contributed by atoms with E-state index in [0.29, 0.717) is 6.54 Å². The second-order valence-corrected chi connectivity index (χ2v) is 4.47. The molecule has 0 saturated carbocycles. The van der Waals surface area contributed by atoms with Crippen LogP contribution in [0.2, 0.25) is 0 Å². The van der Waals surface area contributed by atoms with Crippen molar-refractivity contribution in [2.75, 3.05) is 11.6 Å². The standard InChI is InChI=1S/C13H17N3O/c1-8-4-5-12(9(2)6-8)16-13(17)11(7-14)10(3)15-16/h4-6,11H,7,14H2,1-3H3. The van der Waals surface area contributed by atoms with E-state index >= 15 is 0 Å². The fourth-order valence-electron chi connectivity index (χ4n) is 2.09. The third-order valence-electron chi connectivity index (χ3n) is 3.09. The summed E-state index contributed by atoms with van der Waals surface area (Å²) in [6.45, 7) is 6.17. The Morgan fingerprint density at radius 2 is 2.06 bits per heavy atom. The summed E-state index contributed by atoms with van der Waals surface area (Å²) in [6, 6.07) is 5.96. The summed E-state index contributed by atoms with van der Waals surface area (Å²) in [5, 5.41) is 5.78. The zero-order chi connectivity index (χ0) is 12.6. The average Bonchev–Trinajstić information content (AvgIpc) is 2.54. The van der Waals surface area contributed by atoms with E-state index in [1.165, 1.54) is 10.6 Å². The van der Waals surface area contributed by atoms with Crippen molar-refractivity contribution < 1.29 is 4.79 Å². The number of hydrogen-bond donors (Lipinski definition) is 1. The van der Waals surface area contributed by atoms with Gasteiger partial charge in [-0.2, -0.15) is 10.1 Å². The first-order chi connectivity index (χ1) is 8.04. The Bertz CT molecular complexity index is 493. The maximum Gasteiger partial charge on any atom is 0.257 e. The van der Waals surface area contributed by atoms with Gasteiger partial charge in [0.2, 0.25) is 0 Å². The van der Waals surface area contributed by atoms with Crippen LogP contribution in [-0.4, -0.2) is 18.2 Å². The zero-order valence-corrected chi connectivity index (χ0v) is 10.4. The first-order valence-electron chi connectivity index (χ1n) is 5.71. The van der Waals surface area contributed by atoms with Crippen LogP contribution in [0.25, 0.3) is 0 Å². The van der Waals surface area contributed by atoms with Crippen molar-refractivity contribution in [3.8, 4) is 0 Å². The molecule has 2 rings (SSSR count). The van der Waals surface area contributed by atoms with E-state index in [1.54, 1.807) is 0 Å². The molecule has 4 heteroatoms. The number of nitrogens with two attached hydrogens (primary N) is 1. The molecule has 17 heavy (non-hydrogen) atoms. The van der Waals surface area contributed by atoms with Crippen LogP contribution in [0.15, 0.2) is 23.3 Å². The number of nitrogens with zero attached hydrogens (tertiary/aromatic N) is 2. The normalized spacial score (nSPS) is 19.8. The van der Waals surface area contributed by atoms with Crippen molar-refractivity contribution >= 4 is 17.3 Å². The number of hydrogen-bond acceptors (Lipinski definition) is 3. The van der Waals surface area contributed by atoms with Crippen molar-refractivity contribution in [2.45, 2.75) is 20.8 Å². The van der Waals surface area contributed by atoms with Crippen molar-refractivity contribution in [1.82, 2.24) is 0 Å². The zero-order valence-electron chi connectivity index (χ0n) is 10.4. The lowest BCUT2D eigenvalue weighted by Gasteiger charge is -2.16. The molecule has 1 unspecified atom stereocenters. The van der Waals surface area contributed by atoms with Crippen molar-refractivity contribution in [1.29, 1.82) is 0 Å². The highest BCUT2D eigenvalue weighted by Crippen LogP contribution is 2.27. The monoisotopic (exact) mass is 231 g/mol. The maximum atomic E-state index is 12.1. The molecule has 1 heterocycles. The Morgan fingerprint density at radius 1 is 1.35 bits per heavy atom. The van der Waals surface area contributed by atoms with Gasteiger partial charge in [0.25, 0.3) is 5.91 Å². The molecule has 4 nitrogen and oxygen atoms in total. The number of benzene rings is 1. The molecule has 1 atom stereocenters. The molecule has 0 aromatic heterocycles. The quantitative estimate of drug-likeness (QED) is 0.840. The topological polar surface area (TPSA) is 58.7 Å². The van der Waals surface area contributed by atoms with Gasteiger partial charge in [-0.05, 0) is 32.4 Å². The van der Waals surface area contributed by atoms with E-state index in [-0.39, 0.29) is 11.8 Å². The highest BCUT2D eigenvalue weighted by molar-refractivity contribution is 6.15. The molecule has 1 aliphatic rings. The molecule has 0 spiro atoms. The van der Waals surface area contributed by atoms with Gasteiger partial charge in [-0.3, -0.25) is 4.79 Å². The fraction of sp³-hybridized carbons (Fsp3) is 0.385. The molecule has 0 aliphatic carbocycles. The number of anilines is 1. The molecule has 1 aromatic carbocycles. The summed E-state index contributed by atoms with van der Waals surface area (Å²) in [7, 11) is 0. The molecular weight excluding hydrogens is 214 g/mol. The van der Waals surface area contributed by atoms with Crippen molar-refractivity contribution in [3.05, 3.63) is 29.3 Å². The van der Waals surface area contributed by atoms with Crippen LogP contribution >= 0.6 is 0 Å². The number of rotatable bonds is 2. The SMILES string of the molecule is CC1=NN(c2ccc(C)cc2C)C(=O)C1CN. The van der Waals surface area contributed by atoms with Crippen LogP contribution in [0.1, 0.15) is 18.1 Å². The van der Waals surface area contributed by atoms with E-state index in [0.717, 1.165) is 17.0 Å². The van der Waals surface area contributed by atoms with E-state index in [9.17, 15) is 4.79 Å². The van der Waals surface area contributed by atoms with Crippen LogP contribution in [0.5, 0.6) is 0 Å². The molecule has 2 N–H and O–H groups in total. The fourth-order valence-corrected chi connectivity index (χ4v) is 2.09. The van der Waals surface area contributed by atoms with Crippen LogP contribution in [0, 0.1) is 19.8 Å². The number of amides is 1. The molecule has 1 amide bonds. The Morgan fingerprint density at radius 3 is 2.59 bits per heavy atom. The number of hydrazone groups is 1. The van der Waals surface area contributed by atoms with Gasteiger partial charge in [-0.15, -0.1) is 0 Å². The maximum absolute atomic E-state index is 12.1. The number of carbonyl (C=O) groups excluding carboxylic acids is 1. The molecule has 1 aromatic rings. The molecule has 0 radical (unpaired) electrons. The molecule has 90 valence electrons. The van der Waals surface area contributed by atoms with Gasteiger partial charge in [0, 0.05) is 12.3 Å². The lowest BCUT2D eigenvalue weighted by atomic mass is 10.0. The van der Waals surface area contributed by atoms with E-state index in [1.807, 2.05) is 39.0 Å². The first-order valence-corrected chi connectivity index (χ1v) is 5.71. The predicted molar refractivity (Wildman–Crippen MR) is 69.1 cm³/mol. The van der Waals surface area contributed by atoms with Gasteiger partial charge in [0.15, 0.2) is 0 Å². The third-order valence-corrected chi connectivity index (χ3v) is 3.09. The summed E-state index contributed by atoms with van der Waals surface area (Å²) in [6.07, 6.45) is 0. The summed E-state index contributed by atoms with van der Waals surface area (Å²) >= 11 is 0. The summed E-state index contributed by atoms with van der Waals surface area (Å²) in [5.74, 6) is -0.298. The van der Waals surface area contributed by atoms with Gasteiger partial charge in [0.05, 0.1) is 11.6 Å². The van der Waals surface area contributed by atoms with Crippen LogP contribution in [0.4, 0.5) is 5.69 Å². The lowest BCUT2D eigenvalue weighted by molar-refractivity contribution is -0.119. The third kappa shape index (κ3) is 1.96. The minimum Gasteiger partial charge on any atom is -0.329 e. The summed E-state index contributed by atoms with van der Waals surface area (Å²) in [5.41, 5.74) is 9.45. The van der Waals surface area contributed by atoms with E-state index in [2.05, 4.69) is 5.10 Å². The van der Waals surface area contributed by atoms with Gasteiger partial charge in [0.1, 0.15) is 0 Å². The second kappa shape index (κ2) is 4.30. The van der Waals surface area contributed by atoms with E-state index in [4.69, 9.17) is 5.73 Å². The Hall–Kier alpha value is -1.68. The summed E-state index contributed by atoms with van der Waals surface area (Å²) < 4.78 is 0. The van der Waals surface area contributed by atoms with Crippen molar-refractivity contribution in [2.24, 2.45) is 16.8 Å². The minimum absolute atomic E-state index is 0.0306. The van der Waals surface area contributed by atoms with Gasteiger partial charge >= 0.3 is 0 Å². The second-order valence-electron chi connectivity index (χ2n) is 4.47. The average molecular weight is 231 g/mol. The number of aryl methyl sites for hydroxylation is 2. The Labute approximate surface area is 101 Å². The largest absolute Gasteiger partial charge is 0.329 e. The molecular formula is C13H17N3O. The molecule has 0 saturated heterocycles. The van der Waals surface area contributed by atoms with Crippen LogP contribution in [0.3, 0.4) is 0 Å². The van der Waals surface area contributed by atoms with Gasteiger partial charge in [-0.25, -0.2) is 0 Å². The number of carbonyl (C=O) groups is 1. The highest BCUT2D eigenvalue weighted by Gasteiger charge is 2.33. The highest BCUT2D eigenvalue weighted by atomic mass is 16.2. The lowest BCUT2D eigenvalue weighted by Crippen LogP contribution is -2.32. The van der Waals surface area contributed by atoms with Crippen LogP contribution < -0.4 is 10.7 Å². The van der Waals surface area contributed by atoms with Crippen molar-refractivity contribution in [3.63, 3.8) is 0 Å². The summed E-state index contributed by atoms with van der Waals surface area (Å²) in [4.78, 5) is 12.1. The van der Waals surface area contributed by atoms with Gasteiger partial charge < -0.3 is 5.73 Å². The molecule has 0 bridgehead atoms. The first kappa shape index (κ1) is 11.8. The Balaban J connectivity index is 2.39.